The number of amidine groups is 1. The van der Waals surface area contributed by atoms with E-state index in [0.717, 1.165) is 30.4 Å². The largest absolute Gasteiger partial charge is 0.475 e. The Morgan fingerprint density at radius 2 is 2.33 bits per heavy atom. The second kappa shape index (κ2) is 5.97. The summed E-state index contributed by atoms with van der Waals surface area (Å²) in [5, 5.41) is 12.8. The van der Waals surface area contributed by atoms with Crippen molar-refractivity contribution in [3.05, 3.63) is 35.9 Å². The fraction of sp³-hybridized carbons (Fsp3) is 0.333. The van der Waals surface area contributed by atoms with Gasteiger partial charge in [-0.2, -0.15) is 0 Å². The highest BCUT2D eigenvalue weighted by Crippen LogP contribution is 2.23. The molecule has 6 heteroatoms. The number of nitrogens with two attached hydrogens (primary N) is 1. The Kier molecular flexibility index (Phi) is 3.87. The van der Waals surface area contributed by atoms with Gasteiger partial charge < -0.3 is 20.4 Å². The monoisotopic (exact) mass is 287 g/mol. The molecule has 0 spiro atoms. The smallest absolute Gasteiger partial charge is 0.214 e. The number of aromatic nitrogens is 1. The van der Waals surface area contributed by atoms with Gasteiger partial charge in [-0.05, 0) is 18.9 Å². The van der Waals surface area contributed by atoms with Crippen molar-refractivity contribution in [2.75, 3.05) is 13.2 Å². The highest BCUT2D eigenvalue weighted by atomic mass is 16.5. The lowest BCUT2D eigenvalue weighted by Gasteiger charge is -2.13. The standard InChI is InChI=1S/C15H17N3O3/c16-15(18-19)12-8-14(21-9-10-4-3-7-20-10)17-13-6-2-1-5-11(12)13/h1-2,5-6,8,10,19H,3-4,7,9H2,(H2,16,18). The Morgan fingerprint density at radius 1 is 1.48 bits per heavy atom. The Hall–Kier alpha value is -2.34. The SMILES string of the molecule is NC(=NO)c1cc(OCC2CCCO2)nc2ccccc12. The Morgan fingerprint density at radius 3 is 3.10 bits per heavy atom. The van der Waals surface area contributed by atoms with E-state index in [2.05, 4.69) is 10.1 Å². The minimum atomic E-state index is 0.0376. The van der Waals surface area contributed by atoms with Gasteiger partial charge in [-0.25, -0.2) is 4.98 Å². The number of pyridine rings is 1. The first kappa shape index (κ1) is 13.6. The lowest BCUT2D eigenvalue weighted by atomic mass is 10.1. The van der Waals surface area contributed by atoms with Crippen molar-refractivity contribution in [3.8, 4) is 5.88 Å². The van der Waals surface area contributed by atoms with Gasteiger partial charge in [0.05, 0.1) is 11.6 Å². The predicted octanol–water partition coefficient (Wildman–Crippen LogP) is 1.89. The summed E-state index contributed by atoms with van der Waals surface area (Å²) in [5.74, 6) is 0.487. The minimum Gasteiger partial charge on any atom is -0.475 e. The second-order valence-corrected chi connectivity index (χ2v) is 4.96. The van der Waals surface area contributed by atoms with Crippen LogP contribution >= 0.6 is 0 Å². The van der Waals surface area contributed by atoms with E-state index in [-0.39, 0.29) is 11.9 Å². The molecule has 1 atom stereocenters. The molecule has 21 heavy (non-hydrogen) atoms. The van der Waals surface area contributed by atoms with Gasteiger partial charge in [0.2, 0.25) is 5.88 Å². The molecule has 1 unspecified atom stereocenters. The zero-order chi connectivity index (χ0) is 14.7. The van der Waals surface area contributed by atoms with Crippen LogP contribution in [0.4, 0.5) is 0 Å². The van der Waals surface area contributed by atoms with Crippen LogP contribution in [0, 0.1) is 0 Å². The van der Waals surface area contributed by atoms with Crippen LogP contribution in [0.5, 0.6) is 5.88 Å². The molecule has 1 aliphatic heterocycles. The first-order valence-corrected chi connectivity index (χ1v) is 6.90. The number of benzene rings is 1. The molecule has 0 aliphatic carbocycles. The van der Waals surface area contributed by atoms with Gasteiger partial charge in [-0.3, -0.25) is 0 Å². The molecule has 110 valence electrons. The lowest BCUT2D eigenvalue weighted by Crippen LogP contribution is -2.18. The van der Waals surface area contributed by atoms with Crippen molar-refractivity contribution in [2.45, 2.75) is 18.9 Å². The van der Waals surface area contributed by atoms with Gasteiger partial charge in [-0.15, -0.1) is 0 Å². The minimum absolute atomic E-state index is 0.0376. The van der Waals surface area contributed by atoms with Gasteiger partial charge in [0.25, 0.3) is 0 Å². The van der Waals surface area contributed by atoms with E-state index < -0.39 is 0 Å². The summed E-state index contributed by atoms with van der Waals surface area (Å²) in [6.45, 7) is 1.25. The molecule has 0 saturated carbocycles. The van der Waals surface area contributed by atoms with Crippen molar-refractivity contribution in [1.82, 2.24) is 4.98 Å². The van der Waals surface area contributed by atoms with Crippen LogP contribution in [0.1, 0.15) is 18.4 Å². The molecule has 2 heterocycles. The molecule has 0 radical (unpaired) electrons. The quantitative estimate of drug-likeness (QED) is 0.388. The fourth-order valence-electron chi connectivity index (χ4n) is 2.44. The van der Waals surface area contributed by atoms with E-state index in [1.165, 1.54) is 0 Å². The van der Waals surface area contributed by atoms with Crippen LogP contribution in [0.3, 0.4) is 0 Å². The molecule has 1 aromatic carbocycles. The zero-order valence-electron chi connectivity index (χ0n) is 11.5. The van der Waals surface area contributed by atoms with Crippen molar-refractivity contribution in [1.29, 1.82) is 0 Å². The van der Waals surface area contributed by atoms with E-state index in [1.54, 1.807) is 6.07 Å². The third kappa shape index (κ3) is 2.90. The number of hydrogen-bond donors (Lipinski definition) is 2. The Labute approximate surface area is 122 Å². The average molecular weight is 287 g/mol. The van der Waals surface area contributed by atoms with Crippen molar-refractivity contribution in [3.63, 3.8) is 0 Å². The summed E-state index contributed by atoms with van der Waals surface area (Å²) in [6, 6.07) is 9.19. The number of para-hydroxylation sites is 1. The molecule has 1 fully saturated rings. The molecular weight excluding hydrogens is 270 g/mol. The first-order chi connectivity index (χ1) is 10.3. The molecule has 1 aromatic heterocycles. The lowest BCUT2D eigenvalue weighted by molar-refractivity contribution is 0.0664. The van der Waals surface area contributed by atoms with E-state index in [1.807, 2.05) is 24.3 Å². The van der Waals surface area contributed by atoms with E-state index in [9.17, 15) is 0 Å². The number of nitrogens with zero attached hydrogens (tertiary/aromatic N) is 2. The maximum Gasteiger partial charge on any atom is 0.214 e. The highest BCUT2D eigenvalue weighted by molar-refractivity contribution is 6.08. The van der Waals surface area contributed by atoms with Gasteiger partial charge in [0.15, 0.2) is 5.84 Å². The average Bonchev–Trinajstić information content (AvgIpc) is 3.04. The summed E-state index contributed by atoms with van der Waals surface area (Å²) in [4.78, 5) is 4.44. The number of fused-ring (bicyclic) bond motifs is 1. The van der Waals surface area contributed by atoms with Crippen LogP contribution in [-0.2, 0) is 4.74 Å². The summed E-state index contributed by atoms with van der Waals surface area (Å²) in [6.07, 6.45) is 2.18. The molecule has 6 nitrogen and oxygen atoms in total. The maximum atomic E-state index is 8.92. The molecule has 0 amide bonds. The number of rotatable bonds is 4. The summed E-state index contributed by atoms with van der Waals surface area (Å²) >= 11 is 0. The van der Waals surface area contributed by atoms with Crippen molar-refractivity contribution >= 4 is 16.7 Å². The Bertz CT molecular complexity index is 666. The van der Waals surface area contributed by atoms with Gasteiger partial charge in [-0.1, -0.05) is 23.4 Å². The zero-order valence-corrected chi connectivity index (χ0v) is 11.5. The van der Waals surface area contributed by atoms with Crippen LogP contribution in [0.25, 0.3) is 10.9 Å². The van der Waals surface area contributed by atoms with Crippen molar-refractivity contribution in [2.24, 2.45) is 10.9 Å². The summed E-state index contributed by atoms with van der Waals surface area (Å²) in [7, 11) is 0. The molecule has 1 aliphatic rings. The summed E-state index contributed by atoms with van der Waals surface area (Å²) in [5.41, 5.74) is 7.08. The fourth-order valence-corrected chi connectivity index (χ4v) is 2.44. The highest BCUT2D eigenvalue weighted by Gasteiger charge is 2.17. The number of hydrogen-bond acceptors (Lipinski definition) is 5. The molecular formula is C15H17N3O3. The first-order valence-electron chi connectivity index (χ1n) is 6.90. The predicted molar refractivity (Wildman–Crippen MR) is 78.7 cm³/mol. The van der Waals surface area contributed by atoms with Crippen LogP contribution in [-0.4, -0.2) is 35.3 Å². The maximum absolute atomic E-state index is 8.92. The van der Waals surface area contributed by atoms with Crippen LogP contribution in [0.2, 0.25) is 0 Å². The van der Waals surface area contributed by atoms with Crippen molar-refractivity contribution < 1.29 is 14.7 Å². The topological polar surface area (TPSA) is 90.0 Å². The molecule has 2 aromatic rings. The van der Waals surface area contributed by atoms with Gasteiger partial charge in [0.1, 0.15) is 6.61 Å². The molecule has 1 saturated heterocycles. The van der Waals surface area contributed by atoms with Crippen LogP contribution in [0.15, 0.2) is 35.5 Å². The normalized spacial score (nSPS) is 19.0. The third-order valence-corrected chi connectivity index (χ3v) is 3.52. The molecule has 3 N–H and O–H groups in total. The van der Waals surface area contributed by atoms with Crippen LogP contribution < -0.4 is 10.5 Å². The van der Waals surface area contributed by atoms with Gasteiger partial charge in [0, 0.05) is 23.6 Å². The van der Waals surface area contributed by atoms with E-state index in [4.69, 9.17) is 20.4 Å². The van der Waals surface area contributed by atoms with E-state index >= 15 is 0 Å². The number of ether oxygens (including phenoxy) is 2. The number of oxime groups is 1. The second-order valence-electron chi connectivity index (χ2n) is 4.96. The van der Waals surface area contributed by atoms with E-state index in [0.29, 0.717) is 18.1 Å². The Balaban J connectivity index is 1.91. The van der Waals surface area contributed by atoms with Gasteiger partial charge >= 0.3 is 0 Å². The molecule has 0 bridgehead atoms. The molecule has 3 rings (SSSR count). The summed E-state index contributed by atoms with van der Waals surface area (Å²) < 4.78 is 11.2. The third-order valence-electron chi connectivity index (χ3n) is 3.52.